The Morgan fingerprint density at radius 2 is 2.04 bits per heavy atom. The number of aryl methyl sites for hydroxylation is 1. The number of rotatable bonds is 4. The lowest BCUT2D eigenvalue weighted by Gasteiger charge is -2.16. The Hall–Kier alpha value is -2.90. The van der Waals surface area contributed by atoms with Crippen molar-refractivity contribution in [2.24, 2.45) is 7.05 Å². The molecule has 8 heteroatoms. The van der Waals surface area contributed by atoms with Crippen LogP contribution in [0.2, 0.25) is 0 Å². The molecule has 1 aromatic carbocycles. The van der Waals surface area contributed by atoms with Gasteiger partial charge in [-0.25, -0.2) is 4.79 Å². The number of methoxy groups -OCH3 is 1. The number of hydrogen-bond acceptors (Lipinski definition) is 5. The highest BCUT2D eigenvalue weighted by atomic mass is 16.5. The molecule has 0 saturated carbocycles. The van der Waals surface area contributed by atoms with Crippen LogP contribution in [0.15, 0.2) is 30.5 Å². The van der Waals surface area contributed by atoms with E-state index in [2.05, 4.69) is 10.3 Å². The molecule has 3 rings (SSSR count). The molecular weight excluding hydrogens is 298 g/mol. The van der Waals surface area contributed by atoms with Gasteiger partial charge >= 0.3 is 6.03 Å². The second-order valence-electron chi connectivity index (χ2n) is 5.38. The number of imide groups is 1. The van der Waals surface area contributed by atoms with Crippen molar-refractivity contribution < 1.29 is 14.3 Å². The summed E-state index contributed by atoms with van der Waals surface area (Å²) in [7, 11) is 4.90. The summed E-state index contributed by atoms with van der Waals surface area (Å²) in [4.78, 5) is 27.7. The highest BCUT2D eigenvalue weighted by Gasteiger charge is 2.44. The van der Waals surface area contributed by atoms with Crippen LogP contribution >= 0.6 is 0 Å². The Kier molecular flexibility index (Phi) is 3.73. The van der Waals surface area contributed by atoms with E-state index in [4.69, 9.17) is 4.74 Å². The molecule has 23 heavy (non-hydrogen) atoms. The predicted octanol–water partition coefficient (Wildman–Crippen LogP) is 0.959. The van der Waals surface area contributed by atoms with E-state index in [1.54, 1.807) is 51.7 Å². The van der Waals surface area contributed by atoms with Crippen molar-refractivity contribution >= 4 is 11.9 Å². The SMILES string of the molecule is COc1cccc(C2C(=O)N(Cc3cn(C)nn3)C(=O)N2C)c1. The third kappa shape index (κ3) is 2.63. The topological polar surface area (TPSA) is 80.6 Å². The molecule has 1 aliphatic rings. The number of ether oxygens (including phenoxy) is 1. The molecule has 0 spiro atoms. The Morgan fingerprint density at radius 3 is 2.70 bits per heavy atom. The lowest BCUT2D eigenvalue weighted by molar-refractivity contribution is -0.128. The fourth-order valence-electron chi connectivity index (χ4n) is 2.66. The summed E-state index contributed by atoms with van der Waals surface area (Å²) in [6.07, 6.45) is 1.68. The van der Waals surface area contributed by atoms with Crippen molar-refractivity contribution in [1.82, 2.24) is 24.8 Å². The first-order chi connectivity index (χ1) is 11.0. The zero-order valence-corrected chi connectivity index (χ0v) is 13.1. The molecule has 1 unspecified atom stereocenters. The van der Waals surface area contributed by atoms with Gasteiger partial charge in [-0.2, -0.15) is 0 Å². The summed E-state index contributed by atoms with van der Waals surface area (Å²) in [5.74, 6) is 0.361. The second kappa shape index (κ2) is 5.71. The van der Waals surface area contributed by atoms with E-state index in [0.717, 1.165) is 0 Å². The fraction of sp³-hybridized carbons (Fsp3) is 0.333. The first kappa shape index (κ1) is 15.0. The molecule has 0 N–H and O–H groups in total. The number of nitrogens with zero attached hydrogens (tertiary/aromatic N) is 5. The molecule has 0 bridgehead atoms. The van der Waals surface area contributed by atoms with E-state index in [1.807, 2.05) is 0 Å². The Morgan fingerprint density at radius 1 is 1.26 bits per heavy atom. The molecule has 1 aliphatic heterocycles. The molecule has 1 atom stereocenters. The first-order valence-corrected chi connectivity index (χ1v) is 7.08. The van der Waals surface area contributed by atoms with E-state index in [0.29, 0.717) is 17.0 Å². The van der Waals surface area contributed by atoms with Crippen molar-refractivity contribution in [3.63, 3.8) is 0 Å². The molecule has 1 saturated heterocycles. The van der Waals surface area contributed by atoms with Crippen molar-refractivity contribution in [2.75, 3.05) is 14.2 Å². The summed E-state index contributed by atoms with van der Waals surface area (Å²) in [6, 6.07) is 6.15. The number of hydrogen-bond donors (Lipinski definition) is 0. The van der Waals surface area contributed by atoms with Gasteiger partial charge in [0, 0.05) is 20.3 Å². The van der Waals surface area contributed by atoms with Crippen LogP contribution in [-0.4, -0.2) is 50.9 Å². The van der Waals surface area contributed by atoms with E-state index in [1.165, 1.54) is 14.5 Å². The number of urea groups is 1. The van der Waals surface area contributed by atoms with Gasteiger partial charge in [-0.05, 0) is 17.7 Å². The fourth-order valence-corrected chi connectivity index (χ4v) is 2.66. The molecule has 3 amide bonds. The molecule has 1 fully saturated rings. The highest BCUT2D eigenvalue weighted by molar-refractivity contribution is 6.04. The van der Waals surface area contributed by atoms with Gasteiger partial charge in [0.1, 0.15) is 17.5 Å². The molecule has 2 aromatic rings. The minimum Gasteiger partial charge on any atom is -0.497 e. The summed E-state index contributed by atoms with van der Waals surface area (Å²) < 4.78 is 6.72. The van der Waals surface area contributed by atoms with Gasteiger partial charge in [-0.1, -0.05) is 17.3 Å². The average Bonchev–Trinajstić information content (AvgIpc) is 3.05. The summed E-state index contributed by atoms with van der Waals surface area (Å²) in [5, 5.41) is 7.74. The summed E-state index contributed by atoms with van der Waals surface area (Å²) in [6.45, 7) is 0.107. The van der Waals surface area contributed by atoms with E-state index < -0.39 is 6.04 Å². The molecule has 120 valence electrons. The minimum absolute atomic E-state index is 0.107. The van der Waals surface area contributed by atoms with Crippen LogP contribution in [0.4, 0.5) is 4.79 Å². The highest BCUT2D eigenvalue weighted by Crippen LogP contribution is 2.31. The van der Waals surface area contributed by atoms with Crippen molar-refractivity contribution in [3.8, 4) is 5.75 Å². The third-order valence-corrected chi connectivity index (χ3v) is 3.80. The molecule has 8 nitrogen and oxygen atoms in total. The van der Waals surface area contributed by atoms with Gasteiger partial charge in [0.25, 0.3) is 5.91 Å². The quantitative estimate of drug-likeness (QED) is 0.785. The number of aromatic nitrogens is 3. The Balaban J connectivity index is 1.88. The maximum atomic E-state index is 12.7. The molecule has 2 heterocycles. The maximum absolute atomic E-state index is 12.7. The van der Waals surface area contributed by atoms with Crippen LogP contribution in [-0.2, 0) is 18.4 Å². The van der Waals surface area contributed by atoms with Gasteiger partial charge in [-0.15, -0.1) is 5.10 Å². The first-order valence-electron chi connectivity index (χ1n) is 7.08. The van der Waals surface area contributed by atoms with Gasteiger partial charge < -0.3 is 9.64 Å². The van der Waals surface area contributed by atoms with Crippen LogP contribution in [0.1, 0.15) is 17.3 Å². The lowest BCUT2D eigenvalue weighted by Crippen LogP contribution is -2.31. The van der Waals surface area contributed by atoms with Crippen LogP contribution in [0, 0.1) is 0 Å². The second-order valence-corrected chi connectivity index (χ2v) is 5.38. The van der Waals surface area contributed by atoms with Crippen LogP contribution in [0.5, 0.6) is 5.75 Å². The predicted molar refractivity (Wildman–Crippen MR) is 80.4 cm³/mol. The third-order valence-electron chi connectivity index (χ3n) is 3.80. The lowest BCUT2D eigenvalue weighted by atomic mass is 10.1. The van der Waals surface area contributed by atoms with Gasteiger partial charge in [0.05, 0.1) is 13.7 Å². The average molecular weight is 315 g/mol. The van der Waals surface area contributed by atoms with E-state index >= 15 is 0 Å². The van der Waals surface area contributed by atoms with Gasteiger partial charge in [-0.3, -0.25) is 14.4 Å². The standard InChI is InChI=1S/C15H17N5O3/c1-18-8-11(16-17-18)9-20-14(21)13(19(2)15(20)22)10-5-4-6-12(7-10)23-3/h4-8,13H,9H2,1-3H3. The van der Waals surface area contributed by atoms with E-state index in [9.17, 15) is 9.59 Å². The van der Waals surface area contributed by atoms with Crippen molar-refractivity contribution in [3.05, 3.63) is 41.7 Å². The molecule has 0 radical (unpaired) electrons. The largest absolute Gasteiger partial charge is 0.497 e. The number of carbonyl (C=O) groups is 2. The van der Waals surface area contributed by atoms with Crippen LogP contribution < -0.4 is 4.74 Å². The molecule has 1 aromatic heterocycles. The van der Waals surface area contributed by atoms with Gasteiger partial charge in [0.2, 0.25) is 0 Å². The Labute approximate surface area is 133 Å². The number of carbonyl (C=O) groups excluding carboxylic acids is 2. The number of likely N-dealkylation sites (N-methyl/N-ethyl adjacent to an activating group) is 1. The zero-order valence-electron chi connectivity index (χ0n) is 13.1. The number of benzene rings is 1. The summed E-state index contributed by atoms with van der Waals surface area (Å²) >= 11 is 0. The van der Waals surface area contributed by atoms with Crippen LogP contribution in [0.3, 0.4) is 0 Å². The minimum atomic E-state index is -0.658. The van der Waals surface area contributed by atoms with Gasteiger partial charge in [0.15, 0.2) is 0 Å². The monoisotopic (exact) mass is 315 g/mol. The molecule has 0 aliphatic carbocycles. The Bertz CT molecular complexity index is 757. The molecular formula is C15H17N5O3. The zero-order chi connectivity index (χ0) is 16.6. The van der Waals surface area contributed by atoms with Crippen molar-refractivity contribution in [1.29, 1.82) is 0 Å². The summed E-state index contributed by atoms with van der Waals surface area (Å²) in [5.41, 5.74) is 1.28. The van der Waals surface area contributed by atoms with Crippen LogP contribution in [0.25, 0.3) is 0 Å². The number of amides is 3. The van der Waals surface area contributed by atoms with Crippen molar-refractivity contribution in [2.45, 2.75) is 12.6 Å². The normalized spacial score (nSPS) is 18.0. The van der Waals surface area contributed by atoms with E-state index in [-0.39, 0.29) is 18.5 Å². The maximum Gasteiger partial charge on any atom is 0.327 e. The smallest absolute Gasteiger partial charge is 0.327 e.